The van der Waals surface area contributed by atoms with Crippen LogP contribution in [0.15, 0.2) is 16.5 Å². The van der Waals surface area contributed by atoms with Crippen molar-refractivity contribution in [2.24, 2.45) is 0 Å². The Hall–Kier alpha value is -0.960. The third-order valence-electron chi connectivity index (χ3n) is 1.57. The van der Waals surface area contributed by atoms with Crippen molar-refractivity contribution in [3.05, 3.63) is 23.1 Å². The van der Waals surface area contributed by atoms with Crippen LogP contribution in [0.4, 0.5) is 0 Å². The van der Waals surface area contributed by atoms with Crippen molar-refractivity contribution >= 4 is 17.5 Å². The average Bonchev–Trinajstić information content (AvgIpc) is 2.49. The minimum Gasteiger partial charge on any atom is -0.448 e. The van der Waals surface area contributed by atoms with Crippen molar-refractivity contribution in [1.29, 1.82) is 0 Å². The summed E-state index contributed by atoms with van der Waals surface area (Å²) in [4.78, 5) is 11.0. The summed E-state index contributed by atoms with van der Waals surface area (Å²) in [7, 11) is 0. The van der Waals surface area contributed by atoms with Crippen LogP contribution in [0.2, 0.25) is 5.22 Å². The molecule has 0 aliphatic rings. The molecule has 1 aromatic heterocycles. The van der Waals surface area contributed by atoms with Gasteiger partial charge in [0.15, 0.2) is 5.22 Å². The number of rotatable bonds is 4. The summed E-state index contributed by atoms with van der Waals surface area (Å²) in [6.07, 6.45) is 1.40. The molecule has 0 spiro atoms. The smallest absolute Gasteiger partial charge is 0.220 e. The van der Waals surface area contributed by atoms with E-state index in [0.717, 1.165) is 6.42 Å². The highest BCUT2D eigenvalue weighted by Gasteiger charge is 2.02. The fraction of sp³-hybridized carbons (Fsp3) is 0.444. The molecule has 3 nitrogen and oxygen atoms in total. The molecule has 0 aromatic carbocycles. The molecule has 72 valence electrons. The number of carbonyl (C=O) groups is 1. The van der Waals surface area contributed by atoms with E-state index in [4.69, 9.17) is 16.0 Å². The van der Waals surface area contributed by atoms with Crippen LogP contribution in [-0.4, -0.2) is 5.91 Å². The standard InChI is InChI=1S/C9H12ClNO2/c1-2-3-9(12)11-6-7-4-5-8(10)13-7/h4-5H,2-3,6H2,1H3,(H,11,12). The summed E-state index contributed by atoms with van der Waals surface area (Å²) in [6, 6.07) is 3.40. The van der Waals surface area contributed by atoms with Crippen molar-refractivity contribution in [2.75, 3.05) is 0 Å². The highest BCUT2D eigenvalue weighted by molar-refractivity contribution is 6.28. The number of amides is 1. The summed E-state index contributed by atoms with van der Waals surface area (Å²) in [5.41, 5.74) is 0. The first-order valence-electron chi connectivity index (χ1n) is 4.23. The molecule has 1 amide bonds. The van der Waals surface area contributed by atoms with Gasteiger partial charge >= 0.3 is 0 Å². The quantitative estimate of drug-likeness (QED) is 0.813. The van der Waals surface area contributed by atoms with Gasteiger partial charge in [-0.15, -0.1) is 0 Å². The third-order valence-corrected chi connectivity index (χ3v) is 1.77. The molecule has 0 saturated carbocycles. The van der Waals surface area contributed by atoms with Crippen LogP contribution in [-0.2, 0) is 11.3 Å². The third kappa shape index (κ3) is 3.51. The van der Waals surface area contributed by atoms with Crippen molar-refractivity contribution in [2.45, 2.75) is 26.3 Å². The zero-order valence-corrected chi connectivity index (χ0v) is 8.23. The van der Waals surface area contributed by atoms with Crippen molar-refractivity contribution in [3.63, 3.8) is 0 Å². The fourth-order valence-electron chi connectivity index (χ4n) is 0.948. The summed E-state index contributed by atoms with van der Waals surface area (Å²) in [5.74, 6) is 0.712. The Labute approximate surface area is 82.1 Å². The van der Waals surface area contributed by atoms with E-state index in [0.29, 0.717) is 23.9 Å². The Morgan fingerprint density at radius 1 is 1.62 bits per heavy atom. The minimum atomic E-state index is 0.0371. The van der Waals surface area contributed by atoms with Gasteiger partial charge in [0.05, 0.1) is 6.54 Å². The lowest BCUT2D eigenvalue weighted by Crippen LogP contribution is -2.21. The maximum Gasteiger partial charge on any atom is 0.220 e. The zero-order valence-electron chi connectivity index (χ0n) is 7.47. The van der Waals surface area contributed by atoms with Gasteiger partial charge in [0.2, 0.25) is 5.91 Å². The molecule has 13 heavy (non-hydrogen) atoms. The van der Waals surface area contributed by atoms with Gasteiger partial charge in [0.1, 0.15) is 5.76 Å². The van der Waals surface area contributed by atoms with Crippen LogP contribution in [0.3, 0.4) is 0 Å². The second-order valence-electron chi connectivity index (χ2n) is 2.73. The first kappa shape index (κ1) is 10.1. The molecule has 0 saturated heterocycles. The van der Waals surface area contributed by atoms with Gasteiger partial charge in [0.25, 0.3) is 0 Å². The SMILES string of the molecule is CCCC(=O)NCc1ccc(Cl)o1. The number of carbonyl (C=O) groups excluding carboxylic acids is 1. The molecule has 1 rings (SSSR count). The minimum absolute atomic E-state index is 0.0371. The van der Waals surface area contributed by atoms with E-state index in [1.165, 1.54) is 0 Å². The lowest BCUT2D eigenvalue weighted by atomic mass is 10.3. The Morgan fingerprint density at radius 2 is 2.38 bits per heavy atom. The van der Waals surface area contributed by atoms with Crippen molar-refractivity contribution in [3.8, 4) is 0 Å². The van der Waals surface area contributed by atoms with Gasteiger partial charge < -0.3 is 9.73 Å². The van der Waals surface area contributed by atoms with E-state index < -0.39 is 0 Å². The predicted molar refractivity (Wildman–Crippen MR) is 50.5 cm³/mol. The predicted octanol–water partition coefficient (Wildman–Crippen LogP) is 2.35. The van der Waals surface area contributed by atoms with E-state index in [2.05, 4.69) is 5.32 Å². The number of furan rings is 1. The lowest BCUT2D eigenvalue weighted by molar-refractivity contribution is -0.121. The van der Waals surface area contributed by atoms with Crippen LogP contribution in [0.5, 0.6) is 0 Å². The molecule has 0 aliphatic heterocycles. The van der Waals surface area contributed by atoms with E-state index in [-0.39, 0.29) is 5.91 Å². The topological polar surface area (TPSA) is 42.2 Å². The Bertz CT molecular complexity index is 283. The average molecular weight is 202 g/mol. The molecule has 0 aliphatic carbocycles. The van der Waals surface area contributed by atoms with Crippen LogP contribution in [0.1, 0.15) is 25.5 Å². The molecule has 0 unspecified atom stereocenters. The van der Waals surface area contributed by atoms with Gasteiger partial charge in [-0.3, -0.25) is 4.79 Å². The van der Waals surface area contributed by atoms with Crippen LogP contribution >= 0.6 is 11.6 Å². The van der Waals surface area contributed by atoms with E-state index in [1.54, 1.807) is 12.1 Å². The lowest BCUT2D eigenvalue weighted by Gasteiger charge is -2.00. The Balaban J connectivity index is 2.30. The zero-order chi connectivity index (χ0) is 9.68. The number of halogens is 1. The highest BCUT2D eigenvalue weighted by atomic mass is 35.5. The maximum absolute atomic E-state index is 11.0. The Morgan fingerprint density at radius 3 is 2.92 bits per heavy atom. The van der Waals surface area contributed by atoms with Crippen molar-refractivity contribution < 1.29 is 9.21 Å². The molecular weight excluding hydrogens is 190 g/mol. The van der Waals surface area contributed by atoms with Gasteiger partial charge in [-0.2, -0.15) is 0 Å². The molecule has 0 fully saturated rings. The van der Waals surface area contributed by atoms with Gasteiger partial charge in [-0.1, -0.05) is 6.92 Å². The molecular formula is C9H12ClNO2. The van der Waals surface area contributed by atoms with Gasteiger partial charge in [-0.25, -0.2) is 0 Å². The molecule has 1 heterocycles. The summed E-state index contributed by atoms with van der Waals surface area (Å²) < 4.78 is 5.06. The normalized spacial score (nSPS) is 10.0. The second kappa shape index (κ2) is 4.92. The maximum atomic E-state index is 11.0. The Kier molecular flexibility index (Phi) is 3.83. The van der Waals surface area contributed by atoms with E-state index in [1.807, 2.05) is 6.92 Å². The van der Waals surface area contributed by atoms with E-state index >= 15 is 0 Å². The van der Waals surface area contributed by atoms with Gasteiger partial charge in [-0.05, 0) is 30.2 Å². The molecule has 1 aromatic rings. The highest BCUT2D eigenvalue weighted by Crippen LogP contribution is 2.12. The van der Waals surface area contributed by atoms with Crippen LogP contribution < -0.4 is 5.32 Å². The summed E-state index contributed by atoms with van der Waals surface area (Å²) in [5, 5.41) is 3.07. The molecule has 0 radical (unpaired) electrons. The number of nitrogens with one attached hydrogen (secondary N) is 1. The summed E-state index contributed by atoms with van der Waals surface area (Å²) >= 11 is 5.56. The first-order valence-corrected chi connectivity index (χ1v) is 4.61. The fourth-order valence-corrected chi connectivity index (χ4v) is 1.11. The first-order chi connectivity index (χ1) is 6.22. The van der Waals surface area contributed by atoms with Crippen LogP contribution in [0.25, 0.3) is 0 Å². The van der Waals surface area contributed by atoms with E-state index in [9.17, 15) is 4.79 Å². The molecule has 0 atom stereocenters. The van der Waals surface area contributed by atoms with Crippen molar-refractivity contribution in [1.82, 2.24) is 5.32 Å². The largest absolute Gasteiger partial charge is 0.448 e. The molecule has 0 bridgehead atoms. The monoisotopic (exact) mass is 201 g/mol. The molecule has 4 heteroatoms. The van der Waals surface area contributed by atoms with Crippen LogP contribution in [0, 0.1) is 0 Å². The number of hydrogen-bond donors (Lipinski definition) is 1. The summed E-state index contributed by atoms with van der Waals surface area (Å²) in [6.45, 7) is 2.37. The second-order valence-corrected chi connectivity index (χ2v) is 3.11. The van der Waals surface area contributed by atoms with Gasteiger partial charge in [0, 0.05) is 6.42 Å². The molecule has 1 N–H and O–H groups in total. The number of hydrogen-bond acceptors (Lipinski definition) is 2.